The molecule has 1 aliphatic heterocycles. The quantitative estimate of drug-likeness (QED) is 0.528. The Bertz CT molecular complexity index is 321. The number of rotatable bonds is 9. The highest BCUT2D eigenvalue weighted by Gasteiger charge is 2.26. The fraction of sp³-hybridized carbons (Fsp3) is 1.00. The molecular formula is C11H24N2O4S. The third kappa shape index (κ3) is 6.10. The zero-order valence-corrected chi connectivity index (χ0v) is 12.0. The van der Waals surface area contributed by atoms with E-state index in [0.29, 0.717) is 12.4 Å². The molecule has 0 saturated carbocycles. The fourth-order valence-corrected chi connectivity index (χ4v) is 3.69. The number of nitrogens with one attached hydrogen (secondary N) is 2. The van der Waals surface area contributed by atoms with E-state index in [2.05, 4.69) is 10.6 Å². The molecule has 0 amide bonds. The lowest BCUT2D eigenvalue weighted by Gasteiger charge is -2.16. The van der Waals surface area contributed by atoms with E-state index in [9.17, 15) is 8.42 Å². The summed E-state index contributed by atoms with van der Waals surface area (Å²) in [6.07, 6.45) is 0.786. The van der Waals surface area contributed by atoms with E-state index in [1.165, 1.54) is 0 Å². The van der Waals surface area contributed by atoms with Gasteiger partial charge >= 0.3 is 0 Å². The summed E-state index contributed by atoms with van der Waals surface area (Å²) in [5.41, 5.74) is 0. The zero-order valence-electron chi connectivity index (χ0n) is 11.1. The number of hydrogen-bond acceptors (Lipinski definition) is 6. The van der Waals surface area contributed by atoms with E-state index < -0.39 is 9.84 Å². The minimum Gasteiger partial charge on any atom is -0.382 e. The second-order valence-electron chi connectivity index (χ2n) is 4.57. The van der Waals surface area contributed by atoms with Crippen LogP contribution in [0.1, 0.15) is 6.42 Å². The van der Waals surface area contributed by atoms with Crippen molar-refractivity contribution in [2.45, 2.75) is 18.6 Å². The Morgan fingerprint density at radius 2 is 2.11 bits per heavy atom. The Balaban J connectivity index is 2.02. The molecule has 108 valence electrons. The zero-order chi connectivity index (χ0) is 13.4. The molecule has 1 saturated heterocycles. The van der Waals surface area contributed by atoms with Gasteiger partial charge in [-0.15, -0.1) is 0 Å². The van der Waals surface area contributed by atoms with Crippen molar-refractivity contribution in [3.63, 3.8) is 0 Å². The van der Waals surface area contributed by atoms with E-state index in [1.807, 2.05) is 0 Å². The molecule has 1 fully saturated rings. The van der Waals surface area contributed by atoms with Crippen molar-refractivity contribution in [2.75, 3.05) is 52.0 Å². The molecule has 2 unspecified atom stereocenters. The fourth-order valence-electron chi connectivity index (χ4n) is 1.98. The van der Waals surface area contributed by atoms with Gasteiger partial charge in [0.05, 0.1) is 24.2 Å². The summed E-state index contributed by atoms with van der Waals surface area (Å²) in [5.74, 6) is 0.592. The molecular weight excluding hydrogens is 256 g/mol. The van der Waals surface area contributed by atoms with Crippen LogP contribution in [-0.4, -0.2) is 72.5 Å². The van der Waals surface area contributed by atoms with E-state index in [-0.39, 0.29) is 17.9 Å². The lowest BCUT2D eigenvalue weighted by atomic mass is 10.2. The summed E-state index contributed by atoms with van der Waals surface area (Å²) in [6.45, 7) is 2.86. The Morgan fingerprint density at radius 3 is 2.67 bits per heavy atom. The number of ether oxygens (including phenoxy) is 2. The van der Waals surface area contributed by atoms with Crippen LogP contribution < -0.4 is 10.6 Å². The molecule has 6 nitrogen and oxygen atoms in total. The van der Waals surface area contributed by atoms with Gasteiger partial charge in [0.2, 0.25) is 0 Å². The van der Waals surface area contributed by atoms with Gasteiger partial charge in [0.15, 0.2) is 9.84 Å². The highest BCUT2D eigenvalue weighted by atomic mass is 32.2. The first-order chi connectivity index (χ1) is 8.57. The van der Waals surface area contributed by atoms with Gasteiger partial charge in [-0.1, -0.05) is 0 Å². The Kier molecular flexibility index (Phi) is 7.10. The van der Waals surface area contributed by atoms with Gasteiger partial charge in [-0.05, 0) is 6.42 Å². The molecule has 0 aromatic rings. The van der Waals surface area contributed by atoms with Crippen LogP contribution in [0.25, 0.3) is 0 Å². The van der Waals surface area contributed by atoms with Gasteiger partial charge < -0.3 is 20.1 Å². The predicted octanol–water partition coefficient (Wildman–Crippen LogP) is -0.986. The van der Waals surface area contributed by atoms with Crippen LogP contribution in [0, 0.1) is 0 Å². The molecule has 0 aromatic carbocycles. The molecule has 2 N–H and O–H groups in total. The molecule has 7 heteroatoms. The van der Waals surface area contributed by atoms with Crippen molar-refractivity contribution >= 4 is 9.84 Å². The van der Waals surface area contributed by atoms with Crippen molar-refractivity contribution in [1.29, 1.82) is 0 Å². The molecule has 0 spiro atoms. The van der Waals surface area contributed by atoms with Crippen molar-refractivity contribution in [1.82, 2.24) is 10.6 Å². The smallest absolute Gasteiger partial charge is 0.151 e. The first kappa shape index (κ1) is 15.8. The largest absolute Gasteiger partial charge is 0.382 e. The monoisotopic (exact) mass is 280 g/mol. The highest BCUT2D eigenvalue weighted by molar-refractivity contribution is 7.91. The minimum absolute atomic E-state index is 0.0573. The maximum Gasteiger partial charge on any atom is 0.151 e. The summed E-state index contributed by atoms with van der Waals surface area (Å²) in [4.78, 5) is 0. The summed E-state index contributed by atoms with van der Waals surface area (Å²) in [6, 6.07) is 0.119. The van der Waals surface area contributed by atoms with Gasteiger partial charge in [0, 0.05) is 39.9 Å². The first-order valence-corrected chi connectivity index (χ1v) is 8.06. The third-order valence-electron chi connectivity index (χ3n) is 3.03. The molecule has 0 bridgehead atoms. The standard InChI is InChI=1S/C11H24N2O4S/c1-16-8-11(17-2)7-12-4-5-13-10-3-6-18(14,15)9-10/h10-13H,3-9H2,1-2H3. The molecule has 0 aromatic heterocycles. The van der Waals surface area contributed by atoms with Crippen molar-refractivity contribution < 1.29 is 17.9 Å². The van der Waals surface area contributed by atoms with E-state index in [4.69, 9.17) is 9.47 Å². The number of hydrogen-bond donors (Lipinski definition) is 2. The molecule has 1 rings (SSSR count). The van der Waals surface area contributed by atoms with Crippen LogP contribution in [0.15, 0.2) is 0 Å². The summed E-state index contributed by atoms with van der Waals surface area (Å²) in [5, 5.41) is 6.50. The molecule has 2 atom stereocenters. The predicted molar refractivity (Wildman–Crippen MR) is 70.6 cm³/mol. The van der Waals surface area contributed by atoms with Crippen LogP contribution in [0.4, 0.5) is 0 Å². The molecule has 1 heterocycles. The number of sulfone groups is 1. The van der Waals surface area contributed by atoms with Gasteiger partial charge in [-0.25, -0.2) is 8.42 Å². The summed E-state index contributed by atoms with van der Waals surface area (Å²) < 4.78 is 32.7. The van der Waals surface area contributed by atoms with E-state index >= 15 is 0 Å². The van der Waals surface area contributed by atoms with E-state index in [1.54, 1.807) is 14.2 Å². The highest BCUT2D eigenvalue weighted by Crippen LogP contribution is 2.10. The van der Waals surface area contributed by atoms with Crippen LogP contribution >= 0.6 is 0 Å². The lowest BCUT2D eigenvalue weighted by molar-refractivity contribution is 0.0291. The SMILES string of the molecule is COCC(CNCCNC1CCS(=O)(=O)C1)OC. The second kappa shape index (κ2) is 8.06. The van der Waals surface area contributed by atoms with Crippen molar-refractivity contribution in [3.8, 4) is 0 Å². The van der Waals surface area contributed by atoms with Crippen LogP contribution in [0.3, 0.4) is 0 Å². The Morgan fingerprint density at radius 1 is 1.33 bits per heavy atom. The minimum atomic E-state index is -2.78. The molecule has 18 heavy (non-hydrogen) atoms. The Hall–Kier alpha value is -0.210. The van der Waals surface area contributed by atoms with E-state index in [0.717, 1.165) is 26.1 Å². The summed E-state index contributed by atoms with van der Waals surface area (Å²) >= 11 is 0. The molecule has 0 radical (unpaired) electrons. The normalized spacial score (nSPS) is 24.2. The van der Waals surface area contributed by atoms with Crippen LogP contribution in [-0.2, 0) is 19.3 Å². The van der Waals surface area contributed by atoms with Crippen LogP contribution in [0.5, 0.6) is 0 Å². The van der Waals surface area contributed by atoms with Crippen molar-refractivity contribution in [2.24, 2.45) is 0 Å². The Labute approximate surface area is 109 Å². The topological polar surface area (TPSA) is 76.7 Å². The second-order valence-corrected chi connectivity index (χ2v) is 6.80. The maximum absolute atomic E-state index is 11.2. The van der Waals surface area contributed by atoms with Gasteiger partial charge in [0.1, 0.15) is 0 Å². The van der Waals surface area contributed by atoms with Crippen LogP contribution in [0.2, 0.25) is 0 Å². The van der Waals surface area contributed by atoms with Gasteiger partial charge in [0.25, 0.3) is 0 Å². The number of methoxy groups -OCH3 is 2. The summed E-state index contributed by atoms with van der Waals surface area (Å²) in [7, 11) is 0.524. The average Bonchev–Trinajstić information content (AvgIpc) is 2.67. The third-order valence-corrected chi connectivity index (χ3v) is 4.79. The first-order valence-electron chi connectivity index (χ1n) is 6.23. The lowest BCUT2D eigenvalue weighted by Crippen LogP contribution is -2.39. The van der Waals surface area contributed by atoms with Crippen molar-refractivity contribution in [3.05, 3.63) is 0 Å². The molecule has 0 aliphatic carbocycles. The molecule has 1 aliphatic rings. The average molecular weight is 280 g/mol. The van der Waals surface area contributed by atoms with Gasteiger partial charge in [-0.2, -0.15) is 0 Å². The maximum atomic E-state index is 11.2. The van der Waals surface area contributed by atoms with Gasteiger partial charge in [-0.3, -0.25) is 0 Å².